The first-order chi connectivity index (χ1) is 7.56. The van der Waals surface area contributed by atoms with Gasteiger partial charge >= 0.3 is 0 Å². The van der Waals surface area contributed by atoms with Crippen LogP contribution in [0.25, 0.3) is 10.8 Å². The van der Waals surface area contributed by atoms with Crippen LogP contribution in [0.2, 0.25) is 0 Å². The minimum absolute atomic E-state index is 0.130. The van der Waals surface area contributed by atoms with Crippen molar-refractivity contribution in [2.75, 3.05) is 5.73 Å². The zero-order chi connectivity index (χ0) is 11.8. The Morgan fingerprint density at radius 3 is 2.44 bits per heavy atom. The second-order valence-corrected chi connectivity index (χ2v) is 4.99. The van der Waals surface area contributed by atoms with Gasteiger partial charge in [0, 0.05) is 5.69 Å². The lowest BCUT2D eigenvalue weighted by molar-refractivity contribution is 0.512. The first-order valence-electron chi connectivity index (χ1n) is 5.84. The van der Waals surface area contributed by atoms with Gasteiger partial charge in [-0.25, -0.2) is 0 Å². The van der Waals surface area contributed by atoms with Crippen molar-refractivity contribution in [3.05, 3.63) is 42.0 Å². The predicted molar refractivity (Wildman–Crippen MR) is 71.7 cm³/mol. The average Bonchev–Trinajstić information content (AvgIpc) is 2.28. The Hall–Kier alpha value is -1.50. The van der Waals surface area contributed by atoms with Gasteiger partial charge in [0.05, 0.1) is 0 Å². The maximum Gasteiger partial charge on any atom is 0.0358 e. The van der Waals surface area contributed by atoms with Crippen LogP contribution in [0.15, 0.2) is 36.4 Å². The Morgan fingerprint density at radius 2 is 1.75 bits per heavy atom. The van der Waals surface area contributed by atoms with E-state index in [0.717, 1.165) is 12.1 Å². The number of anilines is 1. The molecule has 0 aromatic heterocycles. The Kier molecular flexibility index (Phi) is 2.63. The van der Waals surface area contributed by atoms with Crippen molar-refractivity contribution in [1.29, 1.82) is 0 Å². The molecule has 0 saturated carbocycles. The third-order valence-corrected chi connectivity index (χ3v) is 3.52. The van der Waals surface area contributed by atoms with Gasteiger partial charge in [-0.2, -0.15) is 0 Å². The smallest absolute Gasteiger partial charge is 0.0358 e. The summed E-state index contributed by atoms with van der Waals surface area (Å²) in [6.07, 6.45) is 1.09. The number of rotatable bonds is 2. The second-order valence-electron chi connectivity index (χ2n) is 4.99. The summed E-state index contributed by atoms with van der Waals surface area (Å²) in [6.45, 7) is 6.72. The molecular formula is C15H19N. The van der Waals surface area contributed by atoms with E-state index in [1.807, 2.05) is 6.07 Å². The summed E-state index contributed by atoms with van der Waals surface area (Å²) in [5.41, 5.74) is 8.47. The molecule has 0 aliphatic rings. The van der Waals surface area contributed by atoms with Gasteiger partial charge < -0.3 is 5.73 Å². The number of nitrogens with two attached hydrogens (primary N) is 1. The highest BCUT2D eigenvalue weighted by Crippen LogP contribution is 2.36. The maximum atomic E-state index is 6.15. The van der Waals surface area contributed by atoms with Gasteiger partial charge in [0.1, 0.15) is 0 Å². The van der Waals surface area contributed by atoms with Gasteiger partial charge in [-0.15, -0.1) is 0 Å². The van der Waals surface area contributed by atoms with Crippen molar-refractivity contribution >= 4 is 16.5 Å². The monoisotopic (exact) mass is 213 g/mol. The van der Waals surface area contributed by atoms with E-state index in [9.17, 15) is 0 Å². The fourth-order valence-electron chi connectivity index (χ4n) is 2.22. The van der Waals surface area contributed by atoms with Gasteiger partial charge in [-0.1, -0.05) is 51.1 Å². The molecule has 0 atom stereocenters. The topological polar surface area (TPSA) is 26.0 Å². The van der Waals surface area contributed by atoms with Crippen LogP contribution in [0.5, 0.6) is 0 Å². The van der Waals surface area contributed by atoms with E-state index < -0.39 is 0 Å². The van der Waals surface area contributed by atoms with Crippen molar-refractivity contribution in [3.8, 4) is 0 Å². The number of nitrogen functional groups attached to an aromatic ring is 1. The van der Waals surface area contributed by atoms with Crippen molar-refractivity contribution in [2.24, 2.45) is 0 Å². The SMILES string of the molecule is CCC(C)(C)c1c(N)ccc2ccccc12. The first kappa shape index (κ1) is 11.0. The molecule has 1 nitrogen and oxygen atoms in total. The molecule has 0 spiro atoms. The summed E-state index contributed by atoms with van der Waals surface area (Å²) in [7, 11) is 0. The van der Waals surface area contributed by atoms with E-state index in [0.29, 0.717) is 0 Å². The summed E-state index contributed by atoms with van der Waals surface area (Å²) in [5, 5.41) is 2.56. The van der Waals surface area contributed by atoms with Crippen molar-refractivity contribution in [3.63, 3.8) is 0 Å². The molecule has 0 unspecified atom stereocenters. The normalized spacial score (nSPS) is 11.9. The molecule has 2 aromatic carbocycles. The molecular weight excluding hydrogens is 194 g/mol. The maximum absolute atomic E-state index is 6.15. The molecule has 2 rings (SSSR count). The van der Waals surface area contributed by atoms with Crippen molar-refractivity contribution < 1.29 is 0 Å². The minimum Gasteiger partial charge on any atom is -0.398 e. The number of benzene rings is 2. The van der Waals surface area contributed by atoms with Crippen LogP contribution in [0.3, 0.4) is 0 Å². The largest absolute Gasteiger partial charge is 0.398 e. The van der Waals surface area contributed by atoms with Crippen LogP contribution in [0.1, 0.15) is 32.8 Å². The Labute approximate surface area is 97.3 Å². The standard InChI is InChI=1S/C15H19N/c1-4-15(2,3)14-12-8-6-5-7-11(12)9-10-13(14)16/h5-10H,4,16H2,1-3H3. The fraction of sp³-hybridized carbons (Fsp3) is 0.333. The molecule has 84 valence electrons. The van der Waals surface area contributed by atoms with Crippen LogP contribution < -0.4 is 5.73 Å². The van der Waals surface area contributed by atoms with Gasteiger partial charge in [-0.05, 0) is 34.2 Å². The molecule has 0 heterocycles. The second kappa shape index (κ2) is 3.82. The van der Waals surface area contributed by atoms with E-state index >= 15 is 0 Å². The summed E-state index contributed by atoms with van der Waals surface area (Å²) in [4.78, 5) is 0. The van der Waals surface area contributed by atoms with E-state index in [-0.39, 0.29) is 5.41 Å². The van der Waals surface area contributed by atoms with Crippen LogP contribution in [-0.2, 0) is 5.41 Å². The molecule has 0 radical (unpaired) electrons. The molecule has 2 N–H and O–H groups in total. The van der Waals surface area contributed by atoms with E-state index in [2.05, 4.69) is 51.1 Å². The van der Waals surface area contributed by atoms with E-state index in [1.54, 1.807) is 0 Å². The lowest BCUT2D eigenvalue weighted by Gasteiger charge is -2.27. The van der Waals surface area contributed by atoms with Gasteiger partial charge in [-0.3, -0.25) is 0 Å². The molecule has 0 bridgehead atoms. The highest BCUT2D eigenvalue weighted by molar-refractivity contribution is 5.90. The van der Waals surface area contributed by atoms with Crippen LogP contribution in [0.4, 0.5) is 5.69 Å². The van der Waals surface area contributed by atoms with Gasteiger partial charge in [0.25, 0.3) is 0 Å². The predicted octanol–water partition coefficient (Wildman–Crippen LogP) is 4.11. The molecule has 0 amide bonds. The summed E-state index contributed by atoms with van der Waals surface area (Å²) in [5.74, 6) is 0. The molecule has 2 aromatic rings. The third-order valence-electron chi connectivity index (χ3n) is 3.52. The third kappa shape index (κ3) is 1.67. The highest BCUT2D eigenvalue weighted by Gasteiger charge is 2.22. The zero-order valence-corrected chi connectivity index (χ0v) is 10.2. The van der Waals surface area contributed by atoms with Gasteiger partial charge in [0.15, 0.2) is 0 Å². The zero-order valence-electron chi connectivity index (χ0n) is 10.2. The number of hydrogen-bond acceptors (Lipinski definition) is 1. The molecule has 0 aliphatic carbocycles. The summed E-state index contributed by atoms with van der Waals surface area (Å²) >= 11 is 0. The van der Waals surface area contributed by atoms with E-state index in [1.165, 1.54) is 16.3 Å². The molecule has 0 fully saturated rings. The minimum atomic E-state index is 0.130. The Balaban J connectivity index is 2.81. The van der Waals surface area contributed by atoms with Crippen LogP contribution >= 0.6 is 0 Å². The Bertz CT molecular complexity index is 512. The first-order valence-corrected chi connectivity index (χ1v) is 5.84. The number of fused-ring (bicyclic) bond motifs is 1. The fourth-order valence-corrected chi connectivity index (χ4v) is 2.22. The summed E-state index contributed by atoms with van der Waals surface area (Å²) < 4.78 is 0. The van der Waals surface area contributed by atoms with Crippen molar-refractivity contribution in [1.82, 2.24) is 0 Å². The highest BCUT2D eigenvalue weighted by atomic mass is 14.6. The number of hydrogen-bond donors (Lipinski definition) is 1. The average molecular weight is 213 g/mol. The van der Waals surface area contributed by atoms with Crippen LogP contribution in [-0.4, -0.2) is 0 Å². The molecule has 16 heavy (non-hydrogen) atoms. The van der Waals surface area contributed by atoms with E-state index in [4.69, 9.17) is 5.73 Å². The van der Waals surface area contributed by atoms with Crippen molar-refractivity contribution in [2.45, 2.75) is 32.6 Å². The lowest BCUT2D eigenvalue weighted by Crippen LogP contribution is -2.18. The van der Waals surface area contributed by atoms with Gasteiger partial charge in [0.2, 0.25) is 0 Å². The molecule has 1 heteroatoms. The molecule has 0 aliphatic heterocycles. The van der Waals surface area contributed by atoms with Crippen LogP contribution in [0, 0.1) is 0 Å². The summed E-state index contributed by atoms with van der Waals surface area (Å²) in [6, 6.07) is 12.6. The lowest BCUT2D eigenvalue weighted by atomic mass is 9.79. The Morgan fingerprint density at radius 1 is 1.06 bits per heavy atom. The molecule has 0 saturated heterocycles. The quantitative estimate of drug-likeness (QED) is 0.746.